The standard InChI is InChI=1S/C25H27ClN4O7S2.C15H12ClO2S.C8H9BrO3S.C8H7BrO3S.C8H8BrO2S.C8H10O2S.2CH4.B.Na.2HOPS.2Ti.H/c26-15-2-1-13-3-4-36-24(17(13)6-15)18-8-21(38-22(18)10-31)23(33)19-9-28-12-29-25(19)30-16-5-14(20(32)7-16)11-37-39(27,34)35;1-9-13(7-12(8-17)19-9)15-14-6-11(16)3-2-10(14)4-5-18-15;2*9-5-3-6(13-7(5)4-10)8-11-1-2-12-8;1-5-6(9)4-7(12-5)8-10-2-3-11-8;1-6-4-7(11-5-6)8-9-2-3-10-8;;;;;2*1-3-2;;;/h1-2,6,8-9,12,14,16,20,24,31-32H,3-5,7,10-11H2,(H2,27,34,35)(H,28,29,30);2-3,6-8,15H,1,4-5H2;3,8,10H,1-2,4H2;3-4,8H,1-2H2;4,8H,1-3H2;4-5,8H,2-3H2,1H3;2*1H4;;;2*2H;;;/q;-1;;;-1;;;;;+1;;;;;-1/t14-,16-,20+,24?;;;;;;;;;;;;;;/m1............../s1. The topological polar surface area (TPSA) is 346 Å². The van der Waals surface area contributed by atoms with Gasteiger partial charge < -0.3 is 69.4 Å². The van der Waals surface area contributed by atoms with E-state index in [4.69, 9.17) is 89.2 Å². The number of nitrogens with zero attached hydrogens (tertiary/aromatic N) is 2. The molecule has 4 saturated heterocycles. The van der Waals surface area contributed by atoms with Gasteiger partial charge in [-0.2, -0.15) is 47.0 Å². The van der Waals surface area contributed by atoms with Gasteiger partial charge in [-0.3, -0.25) is 18.6 Å². The summed E-state index contributed by atoms with van der Waals surface area (Å²) in [6.07, 6.45) is 4.50. The summed E-state index contributed by atoms with van der Waals surface area (Å²) in [6.45, 7) is 16.0. The molecule has 9 aromatic rings. The number of nitrogens with one attached hydrogen (secondary N) is 1. The molecule has 5 atom stereocenters. The Hall–Kier alpha value is -1.23. The molecular weight excluding hydrogens is 2070 g/mol. The molecule has 1 aliphatic carbocycles. The first-order chi connectivity index (χ1) is 54.4. The summed E-state index contributed by atoms with van der Waals surface area (Å²) in [5.41, 5.74) is 7.52. The molecule has 1 saturated carbocycles. The van der Waals surface area contributed by atoms with Crippen molar-refractivity contribution < 1.29 is 173 Å². The number of aromatic nitrogens is 2. The first kappa shape index (κ1) is 112. The summed E-state index contributed by atoms with van der Waals surface area (Å²) in [4.78, 5) is 52.7. The van der Waals surface area contributed by atoms with Crippen LogP contribution in [0.15, 0.2) is 104 Å². The minimum absolute atomic E-state index is 0. The second-order valence-electron chi connectivity index (χ2n) is 24.5. The summed E-state index contributed by atoms with van der Waals surface area (Å²) in [6, 6.07) is 22.8. The van der Waals surface area contributed by atoms with Gasteiger partial charge in [0.25, 0.3) is 0 Å². The van der Waals surface area contributed by atoms with Gasteiger partial charge in [0, 0.05) is 127 Å². The van der Waals surface area contributed by atoms with Gasteiger partial charge in [0.05, 0.1) is 115 Å². The number of benzene rings is 2. The first-order valence-corrected chi connectivity index (χ1v) is 47.4. The molecule has 0 amide bonds. The van der Waals surface area contributed by atoms with Crippen LogP contribution in [0.5, 0.6) is 0 Å². The maximum Gasteiger partial charge on any atom is 1.00 e. The Bertz CT molecular complexity index is 4840. The number of fused-ring (bicyclic) bond motifs is 2. The Morgan fingerprint density at radius 2 is 1.14 bits per heavy atom. The van der Waals surface area contributed by atoms with Crippen LogP contribution in [0, 0.1) is 26.7 Å². The molecule has 2 aromatic carbocycles. The molecule has 3 radical (unpaired) electrons. The Morgan fingerprint density at radius 3 is 1.59 bits per heavy atom. The van der Waals surface area contributed by atoms with Crippen molar-refractivity contribution in [3.05, 3.63) is 226 Å². The van der Waals surface area contributed by atoms with Gasteiger partial charge >= 0.3 is 39.9 Å². The van der Waals surface area contributed by atoms with Crippen molar-refractivity contribution in [2.45, 2.75) is 110 Å². The molecule has 6 N–H and O–H groups in total. The fraction of sp³-hybridized carbons (Fsp3) is 0.392. The Balaban J connectivity index is 0.000000510. The summed E-state index contributed by atoms with van der Waals surface area (Å²) < 4.78 is 102. The Morgan fingerprint density at radius 1 is 0.655 bits per heavy atom. The third-order valence-electron chi connectivity index (χ3n) is 16.9. The molecule has 0 spiro atoms. The predicted molar refractivity (Wildman–Crippen MR) is 474 cm³/mol. The van der Waals surface area contributed by atoms with Gasteiger partial charge in [0.1, 0.15) is 39.9 Å². The SMILES string of the molecule is C.C.Cc1csc(C2OCCO2)c1.NS(=O)(=O)OC[C@H]1C[C@@H](Nc2ncncc2C(=O)c2cc(C3OCCc4ccc(Cl)cc43)c(CO)s2)C[C@@H]1O.O=Cc1sc(C2OCCO2)cc1Br.O=S=P.O=S=P.OCc1sc(C2OCCO2)cc1Br.[B].[CH2-]c1sc(C2OCCO2)cc1Br.[CH2-]c1sc(C=O)cc1C1OCCc2ccc(Cl)cc21.[H-].[Na+].[Ti].[Ti]. The van der Waals surface area contributed by atoms with Gasteiger partial charge in [0.15, 0.2) is 37.7 Å². The van der Waals surface area contributed by atoms with Crippen molar-refractivity contribution >= 4 is 220 Å². The molecule has 6 aliphatic heterocycles. The van der Waals surface area contributed by atoms with Crippen molar-refractivity contribution in [1.29, 1.82) is 0 Å². The number of ketones is 1. The second-order valence-corrected chi connectivity index (χ2v) is 37.2. The summed E-state index contributed by atoms with van der Waals surface area (Å²) in [5.74, 6) is -0.508. The monoisotopic (exact) mass is 2150 g/mol. The van der Waals surface area contributed by atoms with E-state index in [1.807, 2.05) is 60.7 Å². The molecule has 13 heterocycles. The van der Waals surface area contributed by atoms with E-state index in [-0.39, 0.29) is 172 Å². The summed E-state index contributed by atoms with van der Waals surface area (Å²) in [7, 11) is 1.58. The maximum absolute atomic E-state index is 13.6. The van der Waals surface area contributed by atoms with Gasteiger partial charge in [0.2, 0.25) is 5.78 Å². The van der Waals surface area contributed by atoms with E-state index in [1.54, 1.807) is 28.7 Å². The van der Waals surface area contributed by atoms with Crippen molar-refractivity contribution in [2.75, 3.05) is 78.0 Å². The van der Waals surface area contributed by atoms with Crippen LogP contribution in [0.1, 0.15) is 179 Å². The number of hydrogen-bond donors (Lipinski definition) is 5. The molecule has 7 aliphatic rings. The van der Waals surface area contributed by atoms with Gasteiger partial charge in [-0.1, -0.05) is 50.2 Å². The normalized spacial score (nSPS) is 18.3. The maximum atomic E-state index is 13.6. The van der Waals surface area contributed by atoms with Crippen LogP contribution in [-0.2, 0) is 153 Å². The molecule has 639 valence electrons. The average molecular weight is 2160 g/mol. The smallest absolute Gasteiger partial charge is 1.00 e. The number of anilines is 1. The zero-order valence-electron chi connectivity index (χ0n) is 63.2. The largest absolute Gasteiger partial charge is 1.00 e. The van der Waals surface area contributed by atoms with Crippen LogP contribution in [0.4, 0.5) is 5.82 Å². The molecule has 5 fully saturated rings. The fourth-order valence-electron chi connectivity index (χ4n) is 12.0. The van der Waals surface area contributed by atoms with Gasteiger partial charge in [-0.25, -0.2) is 37.4 Å². The van der Waals surface area contributed by atoms with E-state index in [2.05, 4.69) is 116 Å². The number of hydrogen-bond acceptors (Lipinski definition) is 30. The van der Waals surface area contributed by atoms with Crippen molar-refractivity contribution in [1.82, 2.24) is 9.97 Å². The van der Waals surface area contributed by atoms with E-state index in [9.17, 15) is 33.0 Å². The number of ether oxygens (including phenoxy) is 10. The number of nitrogens with two attached hydrogens (primary N) is 1. The molecule has 2 unspecified atom stereocenters. The molecule has 0 bridgehead atoms. The van der Waals surface area contributed by atoms with Crippen LogP contribution < -0.4 is 40.0 Å². The average Bonchev–Trinajstić information content (AvgIpc) is 1.59. The van der Waals surface area contributed by atoms with E-state index in [0.29, 0.717) is 123 Å². The summed E-state index contributed by atoms with van der Waals surface area (Å²) in [5, 5.41) is 40.9. The number of thiophene rings is 6. The van der Waals surface area contributed by atoms with E-state index in [0.717, 1.165) is 104 Å². The third-order valence-corrected chi connectivity index (χ3v) is 27.1. The van der Waals surface area contributed by atoms with E-state index in [1.165, 1.54) is 73.9 Å². The number of aldehydes is 2. The third kappa shape index (κ3) is 33.3. The Kier molecular flexibility index (Phi) is 53.6. The van der Waals surface area contributed by atoms with Crippen LogP contribution in [0.2, 0.25) is 10.0 Å². The van der Waals surface area contributed by atoms with E-state index < -0.39 is 28.4 Å². The minimum Gasteiger partial charge on any atom is -1.00 e. The van der Waals surface area contributed by atoms with Crippen molar-refractivity contribution in [3.8, 4) is 0 Å². The molecule has 45 heteroatoms. The van der Waals surface area contributed by atoms with Gasteiger partial charge in [-0.05, 0) is 162 Å². The second kappa shape index (κ2) is 57.0. The van der Waals surface area contributed by atoms with Crippen LogP contribution >= 0.6 is 155 Å². The summed E-state index contributed by atoms with van der Waals surface area (Å²) >= 11 is 31.2. The van der Waals surface area contributed by atoms with Crippen molar-refractivity contribution in [2.24, 2.45) is 11.1 Å². The zero-order valence-corrected chi connectivity index (χ0v) is 83.0. The van der Waals surface area contributed by atoms with Crippen LogP contribution in [0.25, 0.3) is 0 Å². The van der Waals surface area contributed by atoms with Crippen LogP contribution in [0.3, 0.4) is 0 Å². The fourth-order valence-corrected chi connectivity index (χ4v) is 20.2. The molecule has 16 rings (SSSR count). The minimum atomic E-state index is -4.12. The number of halogens is 5. The molecule has 7 aromatic heterocycles. The van der Waals surface area contributed by atoms with Crippen LogP contribution in [-0.4, -0.2) is 154 Å². The number of rotatable bonds is 17. The number of aliphatic hydroxyl groups is 3. The molecular formula is C74H84BBr3Cl2N4NaO21P2S9Ti2-2. The van der Waals surface area contributed by atoms with Gasteiger partial charge in [-0.15, -0.1) is 77.3 Å². The number of carbonyl (C=O) groups excluding carboxylic acids is 3. The Labute approximate surface area is 817 Å². The number of carbonyl (C=O) groups is 3. The van der Waals surface area contributed by atoms with E-state index >= 15 is 0 Å². The predicted octanol–water partition coefficient (Wildman–Crippen LogP) is 14.2. The van der Waals surface area contributed by atoms with Crippen molar-refractivity contribution in [3.63, 3.8) is 0 Å². The molecule has 25 nitrogen and oxygen atoms in total. The first-order valence-electron chi connectivity index (χ1n) is 33.9. The quantitative estimate of drug-likeness (QED) is 0.0186. The number of aliphatic hydroxyl groups excluding tert-OH is 3. The molecule has 119 heavy (non-hydrogen) atoms. The number of aryl methyl sites for hydroxylation is 1. The zero-order chi connectivity index (χ0) is 81.3.